The van der Waals surface area contributed by atoms with Crippen molar-refractivity contribution in [3.05, 3.63) is 28.7 Å². The number of hydrogen-bond donors (Lipinski definition) is 2. The fourth-order valence-corrected chi connectivity index (χ4v) is 2.36. The fraction of sp³-hybridized carbons (Fsp3) is 0.417. The number of aromatic nitrogens is 1. The first-order valence-electron chi connectivity index (χ1n) is 5.86. The monoisotopic (exact) mass is 233 g/mol. The topological polar surface area (TPSA) is 75.3 Å². The van der Waals surface area contributed by atoms with Crippen molar-refractivity contribution < 1.29 is 4.42 Å². The predicted molar refractivity (Wildman–Crippen MR) is 66.3 cm³/mol. The summed E-state index contributed by atoms with van der Waals surface area (Å²) in [6, 6.07) is 6.01. The van der Waals surface area contributed by atoms with Crippen LogP contribution in [-0.4, -0.2) is 24.1 Å². The van der Waals surface area contributed by atoms with E-state index in [2.05, 4.69) is 9.88 Å². The Morgan fingerprint density at radius 3 is 2.88 bits per heavy atom. The summed E-state index contributed by atoms with van der Waals surface area (Å²) < 4.78 is 5.06. The molecule has 0 bridgehead atoms. The zero-order valence-corrected chi connectivity index (χ0v) is 9.48. The van der Waals surface area contributed by atoms with Crippen LogP contribution < -0.4 is 16.4 Å². The van der Waals surface area contributed by atoms with E-state index < -0.39 is 5.76 Å². The summed E-state index contributed by atoms with van der Waals surface area (Å²) >= 11 is 0. The van der Waals surface area contributed by atoms with Crippen LogP contribution in [0.5, 0.6) is 0 Å². The minimum absolute atomic E-state index is 0.300. The van der Waals surface area contributed by atoms with Gasteiger partial charge < -0.3 is 15.1 Å². The maximum Gasteiger partial charge on any atom is 0.417 e. The molecular formula is C12H15N3O2. The van der Waals surface area contributed by atoms with Gasteiger partial charge in [0, 0.05) is 19.1 Å². The minimum atomic E-state index is -0.402. The van der Waals surface area contributed by atoms with Gasteiger partial charge in [0.1, 0.15) is 5.52 Å². The smallest absolute Gasteiger partial charge is 0.408 e. The number of nitrogens with two attached hydrogens (primary N) is 1. The Morgan fingerprint density at radius 1 is 1.35 bits per heavy atom. The highest BCUT2D eigenvalue weighted by molar-refractivity contribution is 5.87. The van der Waals surface area contributed by atoms with Crippen LogP contribution in [0.25, 0.3) is 11.1 Å². The Labute approximate surface area is 98.2 Å². The van der Waals surface area contributed by atoms with Crippen LogP contribution in [-0.2, 0) is 0 Å². The highest BCUT2D eigenvalue weighted by Crippen LogP contribution is 2.26. The predicted octanol–water partition coefficient (Wildman–Crippen LogP) is 1.05. The number of para-hydroxylation sites is 1. The van der Waals surface area contributed by atoms with E-state index in [-0.39, 0.29) is 0 Å². The Balaban J connectivity index is 2.02. The molecule has 17 heavy (non-hydrogen) atoms. The third-order valence-electron chi connectivity index (χ3n) is 3.31. The lowest BCUT2D eigenvalue weighted by atomic mass is 10.1. The van der Waals surface area contributed by atoms with Crippen molar-refractivity contribution in [1.82, 2.24) is 4.98 Å². The SMILES string of the molecule is NC1CCN(c2cccc3oc(=O)[nH]c23)CC1. The lowest BCUT2D eigenvalue weighted by molar-refractivity contribution is 0.502. The van der Waals surface area contributed by atoms with E-state index in [0.29, 0.717) is 11.6 Å². The van der Waals surface area contributed by atoms with Crippen molar-refractivity contribution in [2.45, 2.75) is 18.9 Å². The van der Waals surface area contributed by atoms with E-state index in [9.17, 15) is 4.79 Å². The molecule has 1 aliphatic rings. The van der Waals surface area contributed by atoms with Crippen molar-refractivity contribution >= 4 is 16.8 Å². The largest absolute Gasteiger partial charge is 0.417 e. The van der Waals surface area contributed by atoms with E-state index >= 15 is 0 Å². The molecule has 1 saturated heterocycles. The molecule has 3 rings (SSSR count). The molecule has 1 aromatic carbocycles. The maximum atomic E-state index is 11.2. The zero-order chi connectivity index (χ0) is 11.8. The Hall–Kier alpha value is -1.75. The van der Waals surface area contributed by atoms with Crippen molar-refractivity contribution in [1.29, 1.82) is 0 Å². The van der Waals surface area contributed by atoms with Crippen LogP contribution in [0.1, 0.15) is 12.8 Å². The number of aromatic amines is 1. The number of oxazole rings is 1. The van der Waals surface area contributed by atoms with Gasteiger partial charge in [-0.2, -0.15) is 0 Å². The van der Waals surface area contributed by atoms with Crippen LogP contribution in [0.15, 0.2) is 27.4 Å². The van der Waals surface area contributed by atoms with Gasteiger partial charge in [-0.25, -0.2) is 4.79 Å². The van der Waals surface area contributed by atoms with E-state index in [0.717, 1.165) is 37.1 Å². The third-order valence-corrected chi connectivity index (χ3v) is 3.31. The minimum Gasteiger partial charge on any atom is -0.408 e. The van der Waals surface area contributed by atoms with Gasteiger partial charge in [0.25, 0.3) is 0 Å². The average Bonchev–Trinajstić information content (AvgIpc) is 2.70. The molecule has 2 aromatic rings. The molecule has 0 spiro atoms. The maximum absolute atomic E-state index is 11.2. The second-order valence-electron chi connectivity index (χ2n) is 4.49. The van der Waals surface area contributed by atoms with Gasteiger partial charge in [-0.3, -0.25) is 4.98 Å². The first-order chi connectivity index (χ1) is 8.24. The molecule has 5 heteroatoms. The lowest BCUT2D eigenvalue weighted by Gasteiger charge is -2.32. The first kappa shape index (κ1) is 10.4. The van der Waals surface area contributed by atoms with E-state index in [1.165, 1.54) is 0 Å². The third kappa shape index (κ3) is 1.82. The Kier molecular flexibility index (Phi) is 2.40. The Bertz CT molecular complexity index is 579. The fourth-order valence-electron chi connectivity index (χ4n) is 2.36. The van der Waals surface area contributed by atoms with Gasteiger partial charge in [-0.15, -0.1) is 0 Å². The van der Waals surface area contributed by atoms with Crippen LogP contribution in [0.2, 0.25) is 0 Å². The molecule has 0 atom stereocenters. The number of piperidine rings is 1. The molecule has 0 amide bonds. The molecule has 1 aromatic heterocycles. The van der Waals surface area contributed by atoms with E-state index in [1.807, 2.05) is 12.1 Å². The molecule has 5 nitrogen and oxygen atoms in total. The molecule has 1 aliphatic heterocycles. The van der Waals surface area contributed by atoms with Crippen LogP contribution in [0, 0.1) is 0 Å². The van der Waals surface area contributed by atoms with Crippen LogP contribution >= 0.6 is 0 Å². The quantitative estimate of drug-likeness (QED) is 0.772. The molecule has 3 N–H and O–H groups in total. The standard InChI is InChI=1S/C12H15N3O2/c13-8-4-6-15(7-5-8)9-2-1-3-10-11(9)14-12(16)17-10/h1-3,8H,4-7,13H2,(H,14,16). The molecule has 90 valence electrons. The highest BCUT2D eigenvalue weighted by Gasteiger charge is 2.19. The van der Waals surface area contributed by atoms with Gasteiger partial charge in [0.2, 0.25) is 0 Å². The number of nitrogens with one attached hydrogen (secondary N) is 1. The normalized spacial score (nSPS) is 17.8. The number of benzene rings is 1. The summed E-state index contributed by atoms with van der Waals surface area (Å²) in [5, 5.41) is 0. The van der Waals surface area contributed by atoms with E-state index in [4.69, 9.17) is 10.2 Å². The molecule has 1 fully saturated rings. The van der Waals surface area contributed by atoms with Crippen molar-refractivity contribution in [3.8, 4) is 0 Å². The summed E-state index contributed by atoms with van der Waals surface area (Å²) in [5.41, 5.74) is 8.32. The number of fused-ring (bicyclic) bond motifs is 1. The number of hydrogen-bond acceptors (Lipinski definition) is 4. The average molecular weight is 233 g/mol. The summed E-state index contributed by atoms with van der Waals surface area (Å²) in [6.07, 6.45) is 1.97. The number of H-pyrrole nitrogens is 1. The summed E-state index contributed by atoms with van der Waals surface area (Å²) in [7, 11) is 0. The number of nitrogens with zero attached hydrogens (tertiary/aromatic N) is 1. The molecule has 0 saturated carbocycles. The van der Waals surface area contributed by atoms with Gasteiger partial charge in [0.05, 0.1) is 5.69 Å². The van der Waals surface area contributed by atoms with Gasteiger partial charge in [0.15, 0.2) is 5.58 Å². The molecule has 0 radical (unpaired) electrons. The first-order valence-corrected chi connectivity index (χ1v) is 5.86. The Morgan fingerprint density at radius 2 is 2.12 bits per heavy atom. The van der Waals surface area contributed by atoms with Crippen molar-refractivity contribution in [2.24, 2.45) is 5.73 Å². The molecule has 0 aliphatic carbocycles. The highest BCUT2D eigenvalue weighted by atomic mass is 16.4. The second-order valence-corrected chi connectivity index (χ2v) is 4.49. The van der Waals surface area contributed by atoms with E-state index in [1.54, 1.807) is 6.07 Å². The molecule has 0 unspecified atom stereocenters. The number of rotatable bonds is 1. The summed E-state index contributed by atoms with van der Waals surface area (Å²) in [4.78, 5) is 16.2. The van der Waals surface area contributed by atoms with Crippen LogP contribution in [0.3, 0.4) is 0 Å². The summed E-state index contributed by atoms with van der Waals surface area (Å²) in [6.45, 7) is 1.85. The molecule has 2 heterocycles. The second kappa shape index (κ2) is 3.92. The lowest BCUT2D eigenvalue weighted by Crippen LogP contribution is -2.39. The van der Waals surface area contributed by atoms with Gasteiger partial charge in [-0.1, -0.05) is 6.07 Å². The van der Waals surface area contributed by atoms with Crippen molar-refractivity contribution in [3.63, 3.8) is 0 Å². The van der Waals surface area contributed by atoms with Crippen LogP contribution in [0.4, 0.5) is 5.69 Å². The zero-order valence-electron chi connectivity index (χ0n) is 9.48. The van der Waals surface area contributed by atoms with Gasteiger partial charge in [-0.05, 0) is 25.0 Å². The van der Waals surface area contributed by atoms with Gasteiger partial charge >= 0.3 is 5.76 Å². The van der Waals surface area contributed by atoms with Crippen molar-refractivity contribution in [2.75, 3.05) is 18.0 Å². The summed E-state index contributed by atoms with van der Waals surface area (Å²) in [5.74, 6) is -0.402. The number of anilines is 1. The molecular weight excluding hydrogens is 218 g/mol.